The third kappa shape index (κ3) is 2.64. The van der Waals surface area contributed by atoms with Crippen molar-refractivity contribution in [3.05, 3.63) is 59.2 Å². The second-order valence-electron chi connectivity index (χ2n) is 8.08. The number of fused-ring (bicyclic) bond motifs is 2. The van der Waals surface area contributed by atoms with E-state index in [0.29, 0.717) is 29.4 Å². The van der Waals surface area contributed by atoms with E-state index < -0.39 is 11.6 Å². The molecule has 3 atom stereocenters. The number of rotatable bonds is 2. The third-order valence-corrected chi connectivity index (χ3v) is 6.66. The number of nitrogens with zero attached hydrogens (tertiary/aromatic N) is 4. The molecule has 146 valence electrons. The van der Waals surface area contributed by atoms with Gasteiger partial charge in [-0.3, -0.25) is 9.69 Å². The minimum atomic E-state index is -0.832. The fourth-order valence-electron chi connectivity index (χ4n) is 5.40. The number of piperidine rings is 3. The van der Waals surface area contributed by atoms with Gasteiger partial charge in [-0.25, -0.2) is 18.7 Å². The van der Waals surface area contributed by atoms with Crippen LogP contribution in [0, 0.1) is 24.5 Å². The molecule has 0 saturated carbocycles. The average molecular weight is 384 g/mol. The summed E-state index contributed by atoms with van der Waals surface area (Å²) in [5, 5.41) is 0. The Bertz CT molecular complexity index is 911. The van der Waals surface area contributed by atoms with Gasteiger partial charge in [0.15, 0.2) is 11.6 Å². The smallest absolute Gasteiger partial charge is 0.257 e. The van der Waals surface area contributed by atoms with Gasteiger partial charge in [0, 0.05) is 30.9 Å². The molecule has 1 amide bonds. The molecule has 5 heterocycles. The number of likely N-dealkylation sites (tertiary alicyclic amines) is 1. The van der Waals surface area contributed by atoms with Gasteiger partial charge in [-0.05, 0) is 50.4 Å². The van der Waals surface area contributed by atoms with Crippen LogP contribution in [-0.2, 0) is 0 Å². The Kier molecular flexibility index (Phi) is 4.16. The molecule has 7 heteroatoms. The highest BCUT2D eigenvalue weighted by Gasteiger charge is 2.55. The minimum Gasteiger partial charge on any atom is -0.333 e. The fourth-order valence-corrected chi connectivity index (χ4v) is 5.40. The van der Waals surface area contributed by atoms with Crippen LogP contribution in [0.5, 0.6) is 0 Å². The largest absolute Gasteiger partial charge is 0.333 e. The van der Waals surface area contributed by atoms with Crippen molar-refractivity contribution >= 4 is 5.91 Å². The fraction of sp³-hybridized carbons (Fsp3) is 0.476. The second-order valence-corrected chi connectivity index (χ2v) is 8.08. The second kappa shape index (κ2) is 6.58. The van der Waals surface area contributed by atoms with E-state index in [2.05, 4.69) is 14.9 Å². The van der Waals surface area contributed by atoms with Gasteiger partial charge in [0.25, 0.3) is 5.91 Å². The molecule has 4 saturated heterocycles. The number of benzene rings is 1. The van der Waals surface area contributed by atoms with Gasteiger partial charge < -0.3 is 4.90 Å². The summed E-state index contributed by atoms with van der Waals surface area (Å²) in [4.78, 5) is 25.8. The number of hydrogen-bond donors (Lipinski definition) is 0. The van der Waals surface area contributed by atoms with Crippen molar-refractivity contribution in [2.45, 2.75) is 37.8 Å². The molecule has 0 N–H and O–H groups in total. The number of carbonyl (C=O) groups excluding carboxylic acids is 1. The lowest BCUT2D eigenvalue weighted by Gasteiger charge is -2.51. The van der Waals surface area contributed by atoms with Crippen molar-refractivity contribution in [3.63, 3.8) is 0 Å². The molecule has 0 radical (unpaired) electrons. The van der Waals surface area contributed by atoms with Gasteiger partial charge in [-0.15, -0.1) is 0 Å². The van der Waals surface area contributed by atoms with E-state index in [1.54, 1.807) is 31.5 Å². The summed E-state index contributed by atoms with van der Waals surface area (Å²) in [5.74, 6) is -0.976. The zero-order chi connectivity index (χ0) is 19.4. The quantitative estimate of drug-likeness (QED) is 0.799. The summed E-state index contributed by atoms with van der Waals surface area (Å²) in [5.41, 5.74) is 0.819. The summed E-state index contributed by atoms with van der Waals surface area (Å²) in [6, 6.07) is 4.40. The first-order chi connectivity index (χ1) is 13.5. The average Bonchev–Trinajstić information content (AvgIpc) is 3.14. The molecular weight excluding hydrogens is 362 g/mol. The Morgan fingerprint density at radius 3 is 2.54 bits per heavy atom. The van der Waals surface area contributed by atoms with Crippen molar-refractivity contribution in [2.24, 2.45) is 5.92 Å². The molecular formula is C21H22F2N4O. The molecule has 6 rings (SSSR count). The molecule has 5 nitrogen and oxygen atoms in total. The maximum Gasteiger partial charge on any atom is 0.257 e. The first-order valence-corrected chi connectivity index (χ1v) is 9.82. The number of carbonyl (C=O) groups is 1. The normalized spacial score (nSPS) is 31.1. The predicted molar refractivity (Wildman–Crippen MR) is 98.8 cm³/mol. The van der Waals surface area contributed by atoms with Crippen LogP contribution in [0.2, 0.25) is 0 Å². The van der Waals surface area contributed by atoms with E-state index in [9.17, 15) is 13.6 Å². The predicted octanol–water partition coefficient (Wildman–Crippen LogP) is 2.77. The Labute approximate surface area is 162 Å². The lowest BCUT2D eigenvalue weighted by Crippen LogP contribution is -2.60. The maximum absolute atomic E-state index is 14.6. The molecule has 28 heavy (non-hydrogen) atoms. The van der Waals surface area contributed by atoms with E-state index in [0.717, 1.165) is 32.0 Å². The van der Waals surface area contributed by atoms with Crippen LogP contribution in [-0.4, -0.2) is 57.4 Å². The number of halogens is 2. The minimum absolute atomic E-state index is 0.0176. The third-order valence-electron chi connectivity index (χ3n) is 6.66. The molecule has 4 fully saturated rings. The van der Waals surface area contributed by atoms with Crippen LogP contribution < -0.4 is 0 Å². The lowest BCUT2D eigenvalue weighted by atomic mass is 9.75. The van der Waals surface area contributed by atoms with Gasteiger partial charge in [-0.1, -0.05) is 12.1 Å². The zero-order valence-electron chi connectivity index (χ0n) is 15.7. The Balaban J connectivity index is 1.55. The number of hydrogen-bond acceptors (Lipinski definition) is 4. The summed E-state index contributed by atoms with van der Waals surface area (Å²) < 4.78 is 28.6. The van der Waals surface area contributed by atoms with Crippen molar-refractivity contribution < 1.29 is 13.6 Å². The Morgan fingerprint density at radius 2 is 1.82 bits per heavy atom. The van der Waals surface area contributed by atoms with Gasteiger partial charge in [0.2, 0.25) is 0 Å². The monoisotopic (exact) mass is 384 g/mol. The number of amides is 1. The van der Waals surface area contributed by atoms with Gasteiger partial charge >= 0.3 is 0 Å². The summed E-state index contributed by atoms with van der Waals surface area (Å²) in [6.07, 6.45) is 5.18. The van der Waals surface area contributed by atoms with Gasteiger partial charge in [-0.2, -0.15) is 0 Å². The van der Waals surface area contributed by atoms with E-state index in [1.807, 2.05) is 4.90 Å². The number of aromatic nitrogens is 2. The first kappa shape index (κ1) is 17.7. The summed E-state index contributed by atoms with van der Waals surface area (Å²) >= 11 is 0. The van der Waals surface area contributed by atoms with Crippen molar-refractivity contribution in [2.75, 3.05) is 19.6 Å². The van der Waals surface area contributed by atoms with E-state index in [1.165, 1.54) is 0 Å². The highest BCUT2D eigenvalue weighted by Crippen LogP contribution is 2.47. The van der Waals surface area contributed by atoms with Crippen LogP contribution in [0.1, 0.15) is 40.5 Å². The highest BCUT2D eigenvalue weighted by atomic mass is 19.2. The maximum atomic E-state index is 14.6. The topological polar surface area (TPSA) is 49.3 Å². The molecule has 4 aliphatic rings. The highest BCUT2D eigenvalue weighted by molar-refractivity contribution is 5.94. The van der Waals surface area contributed by atoms with Crippen molar-refractivity contribution in [1.82, 2.24) is 19.8 Å². The lowest BCUT2D eigenvalue weighted by molar-refractivity contribution is -0.00361. The molecule has 0 aliphatic carbocycles. The van der Waals surface area contributed by atoms with Gasteiger partial charge in [0.1, 0.15) is 5.82 Å². The Hall–Kier alpha value is -2.41. The summed E-state index contributed by atoms with van der Waals surface area (Å²) in [6.45, 7) is 4.07. The van der Waals surface area contributed by atoms with Crippen LogP contribution in [0.3, 0.4) is 0 Å². The molecule has 0 unspecified atom stereocenters. The van der Waals surface area contributed by atoms with E-state index >= 15 is 0 Å². The first-order valence-electron chi connectivity index (χ1n) is 9.82. The number of aryl methyl sites for hydroxylation is 1. The van der Waals surface area contributed by atoms with Crippen LogP contribution >= 0.6 is 0 Å². The standard InChI is InChI=1S/C21H22F2N4O/c1-12-24-9-14(10-25-12)21(28)27-11-16(15-3-2-4-17(22)18(15)23)20-19(27)13-5-7-26(20)8-6-13/h2-4,9-10,13,16,19-20H,5-8,11H2,1H3/t16-,19+,20+/m1/s1. The van der Waals surface area contributed by atoms with Crippen molar-refractivity contribution in [3.8, 4) is 0 Å². The molecule has 1 aromatic heterocycles. The molecule has 0 spiro atoms. The molecule has 2 bridgehead atoms. The SMILES string of the molecule is Cc1ncc(C(=O)N2C[C@H](c3cccc(F)c3F)[C@H]3[C@@H]2C2CCN3CC2)cn1. The molecule has 1 aromatic carbocycles. The Morgan fingerprint density at radius 1 is 1.11 bits per heavy atom. The van der Waals surface area contributed by atoms with Crippen molar-refractivity contribution in [1.29, 1.82) is 0 Å². The molecule has 4 aliphatic heterocycles. The van der Waals surface area contributed by atoms with Gasteiger partial charge in [0.05, 0.1) is 11.6 Å². The van der Waals surface area contributed by atoms with E-state index in [-0.39, 0.29) is 23.9 Å². The summed E-state index contributed by atoms with van der Waals surface area (Å²) in [7, 11) is 0. The van der Waals surface area contributed by atoms with Crippen LogP contribution in [0.25, 0.3) is 0 Å². The van der Waals surface area contributed by atoms with E-state index in [4.69, 9.17) is 0 Å². The van der Waals surface area contributed by atoms with Crippen LogP contribution in [0.15, 0.2) is 30.6 Å². The molecule has 2 aromatic rings. The van der Waals surface area contributed by atoms with Crippen LogP contribution in [0.4, 0.5) is 8.78 Å². The zero-order valence-corrected chi connectivity index (χ0v) is 15.7.